The molecule has 0 aromatic carbocycles. The van der Waals surface area contributed by atoms with Crippen molar-refractivity contribution in [2.45, 2.75) is 52.0 Å². The van der Waals surface area contributed by atoms with Gasteiger partial charge in [0, 0.05) is 31.8 Å². The summed E-state index contributed by atoms with van der Waals surface area (Å²) in [6.07, 6.45) is 4.73. The van der Waals surface area contributed by atoms with Gasteiger partial charge in [-0.15, -0.1) is 0 Å². The van der Waals surface area contributed by atoms with Crippen LogP contribution in [0.1, 0.15) is 46.5 Å². The van der Waals surface area contributed by atoms with Gasteiger partial charge in [0.05, 0.1) is 0 Å². The van der Waals surface area contributed by atoms with Crippen molar-refractivity contribution in [3.05, 3.63) is 0 Å². The van der Waals surface area contributed by atoms with Crippen molar-refractivity contribution in [1.82, 2.24) is 4.90 Å². The van der Waals surface area contributed by atoms with E-state index in [2.05, 4.69) is 25.7 Å². The van der Waals surface area contributed by atoms with Crippen LogP contribution in [0.15, 0.2) is 0 Å². The van der Waals surface area contributed by atoms with Gasteiger partial charge in [0.15, 0.2) is 0 Å². The van der Waals surface area contributed by atoms with Gasteiger partial charge in [-0.05, 0) is 38.1 Å². The van der Waals surface area contributed by atoms with E-state index in [4.69, 9.17) is 10.5 Å². The normalized spacial score (nSPS) is 18.9. The Kier molecular flexibility index (Phi) is 6.45. The van der Waals surface area contributed by atoms with E-state index in [1.807, 2.05) is 0 Å². The zero-order valence-electron chi connectivity index (χ0n) is 11.9. The van der Waals surface area contributed by atoms with Gasteiger partial charge in [-0.2, -0.15) is 0 Å². The van der Waals surface area contributed by atoms with Gasteiger partial charge in [-0.25, -0.2) is 0 Å². The summed E-state index contributed by atoms with van der Waals surface area (Å²) < 4.78 is 5.44. The highest BCUT2D eigenvalue weighted by Crippen LogP contribution is 2.26. The molecule has 102 valence electrons. The number of nitrogens with two attached hydrogens (primary N) is 1. The van der Waals surface area contributed by atoms with Gasteiger partial charge in [-0.3, -0.25) is 4.90 Å². The van der Waals surface area contributed by atoms with E-state index in [1.165, 1.54) is 19.4 Å². The van der Waals surface area contributed by atoms with Crippen LogP contribution in [0.25, 0.3) is 0 Å². The van der Waals surface area contributed by atoms with Crippen LogP contribution in [-0.4, -0.2) is 43.3 Å². The number of hydrogen-bond acceptors (Lipinski definition) is 3. The molecule has 3 heteroatoms. The molecule has 0 aliphatic carbocycles. The lowest BCUT2D eigenvalue weighted by Gasteiger charge is -2.44. The molecule has 0 amide bonds. The lowest BCUT2D eigenvalue weighted by atomic mass is 9.88. The Morgan fingerprint density at radius 3 is 2.18 bits per heavy atom. The van der Waals surface area contributed by atoms with Crippen molar-refractivity contribution in [2.24, 2.45) is 11.7 Å². The molecule has 0 unspecified atom stereocenters. The van der Waals surface area contributed by atoms with Gasteiger partial charge in [0.2, 0.25) is 0 Å². The van der Waals surface area contributed by atoms with Crippen LogP contribution in [0.5, 0.6) is 0 Å². The van der Waals surface area contributed by atoms with Crippen molar-refractivity contribution >= 4 is 0 Å². The molecular formula is C14H30N2O. The second-order valence-corrected chi connectivity index (χ2v) is 5.23. The Hall–Kier alpha value is -0.120. The molecule has 0 spiro atoms. The minimum Gasteiger partial charge on any atom is -0.381 e. The summed E-state index contributed by atoms with van der Waals surface area (Å²) in [5.41, 5.74) is 6.26. The Labute approximate surface area is 107 Å². The summed E-state index contributed by atoms with van der Waals surface area (Å²) in [6, 6.07) is 0. The van der Waals surface area contributed by atoms with E-state index >= 15 is 0 Å². The summed E-state index contributed by atoms with van der Waals surface area (Å²) in [7, 11) is 0. The van der Waals surface area contributed by atoms with Crippen LogP contribution >= 0.6 is 0 Å². The predicted molar refractivity (Wildman–Crippen MR) is 73.2 cm³/mol. The molecule has 1 rings (SSSR count). The molecule has 0 atom stereocenters. The molecule has 17 heavy (non-hydrogen) atoms. The average molecular weight is 242 g/mol. The molecular weight excluding hydrogens is 212 g/mol. The fourth-order valence-corrected chi connectivity index (χ4v) is 3.01. The predicted octanol–water partition coefficient (Wildman–Crippen LogP) is 2.25. The third-order valence-corrected chi connectivity index (χ3v) is 4.57. The number of likely N-dealkylation sites (N-methyl/N-ethyl adjacent to an activating group) is 1. The second kappa shape index (κ2) is 7.34. The summed E-state index contributed by atoms with van der Waals surface area (Å²) in [5.74, 6) is 0.799. The molecule has 1 fully saturated rings. The maximum absolute atomic E-state index is 6.04. The van der Waals surface area contributed by atoms with Gasteiger partial charge in [0.1, 0.15) is 0 Å². The van der Waals surface area contributed by atoms with Gasteiger partial charge >= 0.3 is 0 Å². The Morgan fingerprint density at radius 2 is 1.76 bits per heavy atom. The van der Waals surface area contributed by atoms with Crippen molar-refractivity contribution < 1.29 is 4.74 Å². The zero-order chi connectivity index (χ0) is 12.7. The SMILES string of the molecule is CCN(CC1CCOCC1)C(CC)(CC)CN. The first-order valence-corrected chi connectivity index (χ1v) is 7.25. The number of nitrogens with zero attached hydrogens (tertiary/aromatic N) is 1. The first-order valence-electron chi connectivity index (χ1n) is 7.25. The number of ether oxygens (including phenoxy) is 1. The van der Waals surface area contributed by atoms with Gasteiger partial charge in [-0.1, -0.05) is 20.8 Å². The molecule has 1 aliphatic rings. The van der Waals surface area contributed by atoms with E-state index < -0.39 is 0 Å². The van der Waals surface area contributed by atoms with Crippen LogP contribution in [0.3, 0.4) is 0 Å². The van der Waals surface area contributed by atoms with Crippen molar-refractivity contribution in [2.75, 3.05) is 32.8 Å². The largest absolute Gasteiger partial charge is 0.381 e. The molecule has 0 aromatic rings. The maximum Gasteiger partial charge on any atom is 0.0469 e. The zero-order valence-corrected chi connectivity index (χ0v) is 11.9. The maximum atomic E-state index is 6.04. The summed E-state index contributed by atoms with van der Waals surface area (Å²) >= 11 is 0. The molecule has 3 nitrogen and oxygen atoms in total. The van der Waals surface area contributed by atoms with Gasteiger partial charge in [0.25, 0.3) is 0 Å². The third-order valence-electron chi connectivity index (χ3n) is 4.57. The summed E-state index contributed by atoms with van der Waals surface area (Å²) in [6.45, 7) is 11.7. The number of rotatable bonds is 7. The molecule has 0 aromatic heterocycles. The standard InChI is InChI=1S/C14H30N2O/c1-4-14(5-2,12-15)16(6-3)11-13-7-9-17-10-8-13/h13H,4-12,15H2,1-3H3. The smallest absolute Gasteiger partial charge is 0.0469 e. The molecule has 0 saturated carbocycles. The lowest BCUT2D eigenvalue weighted by molar-refractivity contribution is 0.0223. The van der Waals surface area contributed by atoms with Crippen LogP contribution in [0, 0.1) is 5.92 Å². The first kappa shape index (κ1) is 14.9. The second-order valence-electron chi connectivity index (χ2n) is 5.23. The van der Waals surface area contributed by atoms with E-state index in [0.717, 1.165) is 45.1 Å². The molecule has 1 saturated heterocycles. The Balaban J connectivity index is 2.61. The Bertz CT molecular complexity index is 190. The van der Waals surface area contributed by atoms with E-state index in [1.54, 1.807) is 0 Å². The highest BCUT2D eigenvalue weighted by Gasteiger charge is 2.32. The highest BCUT2D eigenvalue weighted by molar-refractivity contribution is 4.90. The van der Waals surface area contributed by atoms with Crippen LogP contribution in [0.2, 0.25) is 0 Å². The highest BCUT2D eigenvalue weighted by atomic mass is 16.5. The minimum atomic E-state index is 0.215. The summed E-state index contributed by atoms with van der Waals surface area (Å²) in [4.78, 5) is 2.61. The van der Waals surface area contributed by atoms with E-state index in [-0.39, 0.29) is 5.54 Å². The molecule has 2 N–H and O–H groups in total. The average Bonchev–Trinajstić information content (AvgIpc) is 2.41. The first-order chi connectivity index (χ1) is 8.22. The minimum absolute atomic E-state index is 0.215. The monoisotopic (exact) mass is 242 g/mol. The fraction of sp³-hybridized carbons (Fsp3) is 1.00. The molecule has 0 radical (unpaired) electrons. The van der Waals surface area contributed by atoms with Gasteiger partial charge < -0.3 is 10.5 Å². The quantitative estimate of drug-likeness (QED) is 0.744. The molecule has 1 aliphatic heterocycles. The fourth-order valence-electron chi connectivity index (χ4n) is 3.01. The van der Waals surface area contributed by atoms with Crippen LogP contribution in [-0.2, 0) is 4.74 Å². The van der Waals surface area contributed by atoms with Crippen LogP contribution in [0.4, 0.5) is 0 Å². The van der Waals surface area contributed by atoms with E-state index in [9.17, 15) is 0 Å². The van der Waals surface area contributed by atoms with E-state index in [0.29, 0.717) is 0 Å². The topological polar surface area (TPSA) is 38.5 Å². The molecule has 0 bridgehead atoms. The molecule has 1 heterocycles. The van der Waals surface area contributed by atoms with Crippen molar-refractivity contribution in [3.8, 4) is 0 Å². The van der Waals surface area contributed by atoms with Crippen molar-refractivity contribution in [1.29, 1.82) is 0 Å². The summed E-state index contributed by atoms with van der Waals surface area (Å²) in [5, 5.41) is 0. The van der Waals surface area contributed by atoms with Crippen LogP contribution < -0.4 is 5.73 Å². The van der Waals surface area contributed by atoms with Crippen molar-refractivity contribution in [3.63, 3.8) is 0 Å². The Morgan fingerprint density at radius 1 is 1.18 bits per heavy atom. The lowest BCUT2D eigenvalue weighted by Crippen LogP contribution is -2.54. The third kappa shape index (κ3) is 3.67. The number of hydrogen-bond donors (Lipinski definition) is 1.